The molecule has 2 fully saturated rings. The quantitative estimate of drug-likeness (QED) is 0.604. The first-order valence-corrected chi connectivity index (χ1v) is 11.2. The summed E-state index contributed by atoms with van der Waals surface area (Å²) >= 11 is 1.37. The highest BCUT2D eigenvalue weighted by molar-refractivity contribution is 7.99. The van der Waals surface area contributed by atoms with Crippen molar-refractivity contribution in [2.45, 2.75) is 43.4 Å². The third-order valence-electron chi connectivity index (χ3n) is 4.58. The van der Waals surface area contributed by atoms with Gasteiger partial charge in [0.25, 0.3) is 0 Å². The average Bonchev–Trinajstić information content (AvgIpc) is 3.24. The van der Waals surface area contributed by atoms with E-state index in [0.717, 1.165) is 23.8 Å². The summed E-state index contributed by atoms with van der Waals surface area (Å²) in [6.07, 6.45) is 2.75. The molecule has 0 aromatic carbocycles. The largest absolute Gasteiger partial charge is 0.383 e. The molecule has 25 heavy (non-hydrogen) atoms. The molecule has 1 aliphatic carbocycles. The lowest BCUT2D eigenvalue weighted by atomic mass is 10.2. The zero-order valence-corrected chi connectivity index (χ0v) is 16.2. The molecule has 1 amide bonds. The summed E-state index contributed by atoms with van der Waals surface area (Å²) in [6.45, 7) is 2.72. The topological polar surface area (TPSA) is 94.4 Å². The Kier molecular flexibility index (Phi) is 5.69. The summed E-state index contributed by atoms with van der Waals surface area (Å²) in [5, 5.41) is 9.05. The SMILES string of the molecule is COCCN(C(=O)CSc1nnc(C)n1C1CC1)[C@H]1CCS(=O)(=O)C1. The van der Waals surface area contributed by atoms with Crippen molar-refractivity contribution in [3.63, 3.8) is 0 Å². The molecule has 10 heteroatoms. The maximum Gasteiger partial charge on any atom is 0.233 e. The Balaban J connectivity index is 1.64. The summed E-state index contributed by atoms with van der Waals surface area (Å²) in [6, 6.07) is 0.202. The highest BCUT2D eigenvalue weighted by Crippen LogP contribution is 2.38. The third kappa shape index (κ3) is 4.53. The molecular weight excluding hydrogens is 364 g/mol. The van der Waals surface area contributed by atoms with Crippen molar-refractivity contribution < 1.29 is 17.9 Å². The van der Waals surface area contributed by atoms with Gasteiger partial charge in [0.1, 0.15) is 5.82 Å². The van der Waals surface area contributed by atoms with Crippen LogP contribution in [0.1, 0.15) is 31.1 Å². The lowest BCUT2D eigenvalue weighted by Crippen LogP contribution is -2.44. The van der Waals surface area contributed by atoms with Crippen molar-refractivity contribution in [2.24, 2.45) is 0 Å². The lowest BCUT2D eigenvalue weighted by molar-refractivity contribution is -0.130. The number of rotatable bonds is 8. The first-order valence-electron chi connectivity index (χ1n) is 8.44. The second kappa shape index (κ2) is 7.63. The summed E-state index contributed by atoms with van der Waals surface area (Å²) in [4.78, 5) is 14.4. The molecule has 1 atom stereocenters. The molecule has 1 aromatic heterocycles. The van der Waals surface area contributed by atoms with Gasteiger partial charge in [-0.15, -0.1) is 10.2 Å². The van der Waals surface area contributed by atoms with Gasteiger partial charge < -0.3 is 14.2 Å². The molecule has 1 aliphatic heterocycles. The van der Waals surface area contributed by atoms with E-state index >= 15 is 0 Å². The van der Waals surface area contributed by atoms with Crippen LogP contribution in [0.5, 0.6) is 0 Å². The van der Waals surface area contributed by atoms with Crippen LogP contribution in [-0.4, -0.2) is 77.6 Å². The third-order valence-corrected chi connectivity index (χ3v) is 7.26. The van der Waals surface area contributed by atoms with E-state index in [1.54, 1.807) is 12.0 Å². The smallest absolute Gasteiger partial charge is 0.233 e. The second-order valence-electron chi connectivity index (χ2n) is 6.56. The van der Waals surface area contributed by atoms with Gasteiger partial charge in [-0.2, -0.15) is 0 Å². The van der Waals surface area contributed by atoms with Crippen LogP contribution in [0.3, 0.4) is 0 Å². The number of hydrogen-bond acceptors (Lipinski definition) is 7. The molecule has 2 heterocycles. The number of ether oxygens (including phenoxy) is 1. The number of hydrogen-bond donors (Lipinski definition) is 0. The molecule has 0 bridgehead atoms. The van der Waals surface area contributed by atoms with Gasteiger partial charge in [-0.3, -0.25) is 4.79 Å². The minimum absolute atomic E-state index is 0.0461. The van der Waals surface area contributed by atoms with Crippen LogP contribution in [0.4, 0.5) is 0 Å². The Morgan fingerprint density at radius 3 is 2.72 bits per heavy atom. The van der Waals surface area contributed by atoms with Crippen molar-refractivity contribution in [3.8, 4) is 0 Å². The van der Waals surface area contributed by atoms with Gasteiger partial charge in [0.05, 0.1) is 23.9 Å². The van der Waals surface area contributed by atoms with Crippen molar-refractivity contribution in [1.29, 1.82) is 0 Å². The number of sulfone groups is 1. The van der Waals surface area contributed by atoms with Crippen LogP contribution in [0.2, 0.25) is 0 Å². The van der Waals surface area contributed by atoms with E-state index in [9.17, 15) is 13.2 Å². The predicted octanol–water partition coefficient (Wildman–Crippen LogP) is 0.676. The van der Waals surface area contributed by atoms with E-state index < -0.39 is 9.84 Å². The van der Waals surface area contributed by atoms with E-state index in [0.29, 0.717) is 25.6 Å². The molecule has 1 saturated heterocycles. The summed E-state index contributed by atoms with van der Waals surface area (Å²) < 4.78 is 30.7. The fourth-order valence-corrected chi connectivity index (χ4v) is 5.80. The molecular formula is C15H24N4O4S2. The normalized spacial score (nSPS) is 22.2. The maximum absolute atomic E-state index is 12.7. The number of carbonyl (C=O) groups is 1. The zero-order chi connectivity index (χ0) is 18.0. The molecule has 140 valence electrons. The molecule has 1 saturated carbocycles. The van der Waals surface area contributed by atoms with Crippen molar-refractivity contribution in [3.05, 3.63) is 5.82 Å². The Labute approximate surface area is 152 Å². The van der Waals surface area contributed by atoms with Crippen LogP contribution in [0.15, 0.2) is 5.16 Å². The second-order valence-corrected chi connectivity index (χ2v) is 9.73. The van der Waals surface area contributed by atoms with Crippen molar-refractivity contribution in [2.75, 3.05) is 37.5 Å². The summed E-state index contributed by atoms with van der Waals surface area (Å²) in [5.41, 5.74) is 0. The molecule has 0 spiro atoms. The minimum atomic E-state index is -3.04. The predicted molar refractivity (Wildman–Crippen MR) is 94.4 cm³/mol. The number of nitrogens with zero attached hydrogens (tertiary/aromatic N) is 4. The van der Waals surface area contributed by atoms with Crippen LogP contribution in [0.25, 0.3) is 0 Å². The van der Waals surface area contributed by atoms with E-state index in [2.05, 4.69) is 14.8 Å². The van der Waals surface area contributed by atoms with Crippen LogP contribution < -0.4 is 0 Å². The molecule has 1 aromatic rings. The lowest BCUT2D eigenvalue weighted by Gasteiger charge is -2.28. The average molecular weight is 389 g/mol. The van der Waals surface area contributed by atoms with E-state index in [4.69, 9.17) is 4.74 Å². The molecule has 2 aliphatic rings. The Morgan fingerprint density at radius 1 is 1.36 bits per heavy atom. The standard InChI is InChI=1S/C15H24N4O4S2/c1-11-16-17-15(19(11)12-3-4-12)24-9-14(20)18(6-7-23-2)13-5-8-25(21,22)10-13/h12-13H,3-10H2,1-2H3/t13-/m0/s1. The summed E-state index contributed by atoms with van der Waals surface area (Å²) in [7, 11) is -1.47. The van der Waals surface area contributed by atoms with Gasteiger partial charge in [-0.1, -0.05) is 11.8 Å². The molecule has 3 rings (SSSR count). The first kappa shape index (κ1) is 18.7. The van der Waals surface area contributed by atoms with Gasteiger partial charge in [0, 0.05) is 25.7 Å². The minimum Gasteiger partial charge on any atom is -0.383 e. The maximum atomic E-state index is 12.7. The Hall–Kier alpha value is -1.13. The van der Waals surface area contributed by atoms with Gasteiger partial charge in [-0.25, -0.2) is 8.42 Å². The number of carbonyl (C=O) groups excluding carboxylic acids is 1. The highest BCUT2D eigenvalue weighted by Gasteiger charge is 2.35. The Bertz CT molecular complexity index is 730. The van der Waals surface area contributed by atoms with Crippen LogP contribution in [0, 0.1) is 6.92 Å². The van der Waals surface area contributed by atoms with Gasteiger partial charge in [0.15, 0.2) is 15.0 Å². The van der Waals surface area contributed by atoms with E-state index in [1.165, 1.54) is 11.8 Å². The van der Waals surface area contributed by atoms with E-state index in [-0.39, 0.29) is 29.2 Å². The first-order chi connectivity index (χ1) is 11.9. The number of aryl methyl sites for hydroxylation is 1. The van der Waals surface area contributed by atoms with Gasteiger partial charge in [-0.05, 0) is 26.2 Å². The van der Waals surface area contributed by atoms with Crippen molar-refractivity contribution in [1.82, 2.24) is 19.7 Å². The number of aromatic nitrogens is 3. The summed E-state index contributed by atoms with van der Waals surface area (Å²) in [5.74, 6) is 1.22. The molecule has 0 radical (unpaired) electrons. The number of amides is 1. The fraction of sp³-hybridized carbons (Fsp3) is 0.800. The fourth-order valence-electron chi connectivity index (χ4n) is 3.13. The number of methoxy groups -OCH3 is 1. The molecule has 0 unspecified atom stereocenters. The Morgan fingerprint density at radius 2 is 2.12 bits per heavy atom. The van der Waals surface area contributed by atoms with Crippen LogP contribution in [-0.2, 0) is 19.4 Å². The zero-order valence-electron chi connectivity index (χ0n) is 14.5. The van der Waals surface area contributed by atoms with Gasteiger partial charge in [0.2, 0.25) is 5.91 Å². The van der Waals surface area contributed by atoms with Gasteiger partial charge >= 0.3 is 0 Å². The van der Waals surface area contributed by atoms with Crippen LogP contribution >= 0.6 is 11.8 Å². The highest BCUT2D eigenvalue weighted by atomic mass is 32.2. The van der Waals surface area contributed by atoms with Crippen molar-refractivity contribution >= 4 is 27.5 Å². The molecule has 0 N–H and O–H groups in total. The van der Waals surface area contributed by atoms with E-state index in [1.807, 2.05) is 6.92 Å². The molecule has 8 nitrogen and oxygen atoms in total. The monoisotopic (exact) mass is 388 g/mol. The number of thioether (sulfide) groups is 1.